The van der Waals surface area contributed by atoms with Crippen LogP contribution in [0.5, 0.6) is 5.75 Å². The summed E-state index contributed by atoms with van der Waals surface area (Å²) in [6, 6.07) is 9.88. The fourth-order valence-electron chi connectivity index (χ4n) is 3.32. The number of nitrogens with zero attached hydrogens (tertiary/aromatic N) is 3. The molecule has 2 heterocycles. The van der Waals surface area contributed by atoms with Crippen LogP contribution in [-0.2, 0) is 6.54 Å². The van der Waals surface area contributed by atoms with Gasteiger partial charge in [-0.2, -0.15) is 0 Å². The smallest absolute Gasteiger partial charge is 0.263 e. The van der Waals surface area contributed by atoms with Gasteiger partial charge in [-0.25, -0.2) is 4.98 Å². The average molecular weight is 400 g/mol. The number of benzene rings is 1. The Labute approximate surface area is 170 Å². The van der Waals surface area contributed by atoms with E-state index < -0.39 is 0 Å². The summed E-state index contributed by atoms with van der Waals surface area (Å²) in [4.78, 5) is 19.5. The Bertz CT molecular complexity index is 1030. The molecule has 2 aromatic heterocycles. The van der Waals surface area contributed by atoms with E-state index in [4.69, 9.17) is 16.3 Å². The molecule has 3 aromatic rings. The van der Waals surface area contributed by atoms with Crippen molar-refractivity contribution in [1.29, 1.82) is 0 Å². The van der Waals surface area contributed by atoms with E-state index in [1.165, 1.54) is 0 Å². The molecule has 6 heteroatoms. The van der Waals surface area contributed by atoms with E-state index in [1.54, 1.807) is 10.6 Å². The maximum absolute atomic E-state index is 12.9. The lowest BCUT2D eigenvalue weighted by atomic mass is 10.1. The summed E-state index contributed by atoms with van der Waals surface area (Å²) in [5, 5.41) is 0.272. The summed E-state index contributed by atoms with van der Waals surface area (Å²) in [5.74, 6) is 0.930. The Morgan fingerprint density at radius 2 is 1.79 bits per heavy atom. The number of pyridine rings is 1. The van der Waals surface area contributed by atoms with E-state index in [0.29, 0.717) is 30.9 Å². The summed E-state index contributed by atoms with van der Waals surface area (Å²) in [6.07, 6.45) is 1.73. The Kier molecular flexibility index (Phi) is 6.37. The van der Waals surface area contributed by atoms with Crippen LogP contribution in [0, 0.1) is 20.8 Å². The van der Waals surface area contributed by atoms with Gasteiger partial charge in [-0.15, -0.1) is 0 Å². The van der Waals surface area contributed by atoms with E-state index in [1.807, 2.05) is 51.1 Å². The maximum Gasteiger partial charge on any atom is 0.263 e. The molecule has 28 heavy (non-hydrogen) atoms. The number of fused-ring (bicyclic) bond motifs is 1. The highest BCUT2D eigenvalue weighted by atomic mass is 35.5. The van der Waals surface area contributed by atoms with E-state index in [0.717, 1.165) is 29.0 Å². The minimum absolute atomic E-state index is 0.118. The lowest BCUT2D eigenvalue weighted by molar-refractivity contribution is 0.208. The number of halogens is 1. The second-order valence-electron chi connectivity index (χ2n) is 7.01. The van der Waals surface area contributed by atoms with Gasteiger partial charge in [0.15, 0.2) is 0 Å². The van der Waals surface area contributed by atoms with Gasteiger partial charge < -0.3 is 4.74 Å². The molecule has 0 aliphatic rings. The molecule has 0 saturated heterocycles. The second kappa shape index (κ2) is 8.76. The van der Waals surface area contributed by atoms with Crippen LogP contribution in [0.2, 0.25) is 5.15 Å². The Hall–Kier alpha value is -2.37. The third-order valence-electron chi connectivity index (χ3n) is 4.98. The maximum atomic E-state index is 12.9. The number of ether oxygens (including phenoxy) is 1. The zero-order chi connectivity index (χ0) is 20.3. The van der Waals surface area contributed by atoms with Gasteiger partial charge >= 0.3 is 0 Å². The van der Waals surface area contributed by atoms with Crippen LogP contribution >= 0.6 is 11.6 Å². The van der Waals surface area contributed by atoms with Gasteiger partial charge in [0.25, 0.3) is 5.56 Å². The molecule has 0 aliphatic carbocycles. The number of likely N-dealkylation sites (N-methyl/N-ethyl adjacent to an activating group) is 1. The van der Waals surface area contributed by atoms with E-state index in [9.17, 15) is 4.79 Å². The van der Waals surface area contributed by atoms with Gasteiger partial charge in [0.2, 0.25) is 0 Å². The summed E-state index contributed by atoms with van der Waals surface area (Å²) in [6.45, 7) is 10.5. The molecule has 0 spiro atoms. The van der Waals surface area contributed by atoms with Crippen LogP contribution in [0.25, 0.3) is 5.65 Å². The normalized spacial score (nSPS) is 11.4. The molecule has 0 atom stereocenters. The topological polar surface area (TPSA) is 46.8 Å². The Balaban J connectivity index is 1.75. The number of para-hydroxylation sites is 1. The Morgan fingerprint density at radius 3 is 2.46 bits per heavy atom. The van der Waals surface area contributed by atoms with Crippen molar-refractivity contribution < 1.29 is 4.74 Å². The van der Waals surface area contributed by atoms with Gasteiger partial charge in [0, 0.05) is 19.3 Å². The quantitative estimate of drug-likeness (QED) is 0.559. The van der Waals surface area contributed by atoms with Gasteiger partial charge in [-0.3, -0.25) is 14.1 Å². The largest absolute Gasteiger partial charge is 0.492 e. The van der Waals surface area contributed by atoms with Crippen molar-refractivity contribution in [2.45, 2.75) is 34.2 Å². The zero-order valence-corrected chi connectivity index (χ0v) is 17.6. The van der Waals surface area contributed by atoms with E-state index >= 15 is 0 Å². The Morgan fingerprint density at radius 1 is 1.11 bits per heavy atom. The molecule has 0 fully saturated rings. The monoisotopic (exact) mass is 399 g/mol. The van der Waals surface area contributed by atoms with Crippen LogP contribution in [0.4, 0.5) is 0 Å². The predicted molar refractivity (Wildman–Crippen MR) is 114 cm³/mol. The van der Waals surface area contributed by atoms with Crippen LogP contribution in [0.15, 0.2) is 41.3 Å². The van der Waals surface area contributed by atoms with Crippen LogP contribution in [0.1, 0.15) is 29.2 Å². The minimum Gasteiger partial charge on any atom is -0.492 e. The van der Waals surface area contributed by atoms with Gasteiger partial charge in [-0.1, -0.05) is 42.8 Å². The van der Waals surface area contributed by atoms with E-state index in [-0.39, 0.29) is 10.7 Å². The predicted octanol–water partition coefficient (Wildman–Crippen LogP) is 4.17. The fourth-order valence-corrected chi connectivity index (χ4v) is 3.54. The van der Waals surface area contributed by atoms with Crippen molar-refractivity contribution in [3.05, 3.63) is 74.3 Å². The first-order chi connectivity index (χ1) is 13.4. The molecule has 0 N–H and O–H groups in total. The molecule has 0 bridgehead atoms. The third-order valence-corrected chi connectivity index (χ3v) is 5.30. The van der Waals surface area contributed by atoms with Crippen molar-refractivity contribution in [2.24, 2.45) is 0 Å². The van der Waals surface area contributed by atoms with Crippen LogP contribution < -0.4 is 10.3 Å². The lowest BCUT2D eigenvalue weighted by Gasteiger charge is -2.21. The molecule has 3 rings (SSSR count). The number of aromatic nitrogens is 2. The first-order valence-electron chi connectivity index (χ1n) is 9.50. The molecule has 0 amide bonds. The molecular weight excluding hydrogens is 374 g/mol. The average Bonchev–Trinajstić information content (AvgIpc) is 2.66. The number of aryl methyl sites for hydroxylation is 3. The first-order valence-corrected chi connectivity index (χ1v) is 9.88. The number of rotatable bonds is 7. The lowest BCUT2D eigenvalue weighted by Crippen LogP contribution is -2.32. The van der Waals surface area contributed by atoms with Crippen molar-refractivity contribution in [3.8, 4) is 5.75 Å². The van der Waals surface area contributed by atoms with Gasteiger partial charge in [0.1, 0.15) is 23.2 Å². The summed E-state index contributed by atoms with van der Waals surface area (Å²) in [7, 11) is 0. The molecule has 5 nitrogen and oxygen atoms in total. The van der Waals surface area contributed by atoms with Crippen molar-refractivity contribution >= 4 is 17.2 Å². The molecule has 1 aromatic carbocycles. The highest BCUT2D eigenvalue weighted by Gasteiger charge is 2.15. The SMILES string of the molecule is CCN(CCOc1c(C)cccc1C)Cc1c(Cl)nc2c(C)cccn2c1=O. The highest BCUT2D eigenvalue weighted by Crippen LogP contribution is 2.22. The molecule has 0 saturated carbocycles. The molecule has 0 aliphatic heterocycles. The van der Waals surface area contributed by atoms with Gasteiger partial charge in [0.05, 0.1) is 5.56 Å². The number of hydrogen-bond donors (Lipinski definition) is 0. The summed E-state index contributed by atoms with van der Waals surface area (Å²) in [5.41, 5.74) is 4.16. The minimum atomic E-state index is -0.118. The van der Waals surface area contributed by atoms with Crippen LogP contribution in [-0.4, -0.2) is 34.0 Å². The molecule has 148 valence electrons. The third kappa shape index (κ3) is 4.21. The van der Waals surface area contributed by atoms with E-state index in [2.05, 4.69) is 16.8 Å². The fraction of sp³-hybridized carbons (Fsp3) is 0.364. The van der Waals surface area contributed by atoms with Crippen molar-refractivity contribution in [1.82, 2.24) is 14.3 Å². The molecular formula is C22H26ClN3O2. The summed E-state index contributed by atoms with van der Waals surface area (Å²) >= 11 is 6.37. The van der Waals surface area contributed by atoms with Crippen LogP contribution in [0.3, 0.4) is 0 Å². The van der Waals surface area contributed by atoms with Gasteiger partial charge in [-0.05, 0) is 50.1 Å². The standard InChI is InChI=1S/C22H26ClN3O2/c1-5-25(12-13-28-19-15(2)8-6-9-16(19)3)14-18-20(23)24-21-17(4)10-7-11-26(21)22(18)27/h6-11H,5,12-14H2,1-4H3. The zero-order valence-electron chi connectivity index (χ0n) is 16.8. The molecule has 0 unspecified atom stereocenters. The first kappa shape index (κ1) is 20.4. The molecule has 0 radical (unpaired) electrons. The highest BCUT2D eigenvalue weighted by molar-refractivity contribution is 6.30. The summed E-state index contributed by atoms with van der Waals surface area (Å²) < 4.78 is 7.58. The van der Waals surface area contributed by atoms with Crippen molar-refractivity contribution in [3.63, 3.8) is 0 Å². The number of hydrogen-bond acceptors (Lipinski definition) is 4. The second-order valence-corrected chi connectivity index (χ2v) is 7.37. The van der Waals surface area contributed by atoms with Crippen molar-refractivity contribution in [2.75, 3.05) is 19.7 Å².